The van der Waals surface area contributed by atoms with E-state index >= 15 is 0 Å². The highest BCUT2D eigenvalue weighted by molar-refractivity contribution is 8.00. The van der Waals surface area contributed by atoms with Gasteiger partial charge < -0.3 is 14.7 Å². The first-order valence-electron chi connectivity index (χ1n) is 7.96. The molecule has 1 aromatic rings. The average molecular weight is 321 g/mol. The molecule has 2 aliphatic heterocycles. The Morgan fingerprint density at radius 3 is 2.86 bits per heavy atom. The van der Waals surface area contributed by atoms with Crippen LogP contribution in [0.1, 0.15) is 35.7 Å². The van der Waals surface area contributed by atoms with Crippen molar-refractivity contribution in [3.63, 3.8) is 0 Å². The molecule has 0 aliphatic carbocycles. The van der Waals surface area contributed by atoms with Gasteiger partial charge in [0, 0.05) is 36.8 Å². The molecule has 4 nitrogen and oxygen atoms in total. The first-order valence-corrected chi connectivity index (χ1v) is 8.95. The fraction of sp³-hybridized carbons (Fsp3) is 0.588. The van der Waals surface area contributed by atoms with Gasteiger partial charge in [-0.05, 0) is 37.0 Å². The molecule has 0 atom stereocenters. The highest BCUT2D eigenvalue weighted by Gasteiger charge is 2.39. The summed E-state index contributed by atoms with van der Waals surface area (Å²) in [6.45, 7) is 5.11. The van der Waals surface area contributed by atoms with Crippen LogP contribution in [0.3, 0.4) is 0 Å². The first-order chi connectivity index (χ1) is 10.6. The predicted molar refractivity (Wildman–Crippen MR) is 88.6 cm³/mol. The van der Waals surface area contributed by atoms with E-state index in [1.165, 1.54) is 0 Å². The molecular formula is C17H23NO3S. The Bertz CT molecular complexity index is 549. The average Bonchev–Trinajstić information content (AvgIpc) is 2.55. The third-order valence-corrected chi connectivity index (χ3v) is 6.18. The maximum atomic E-state index is 12.8. The Kier molecular flexibility index (Phi) is 4.64. The van der Waals surface area contributed by atoms with Gasteiger partial charge >= 0.3 is 0 Å². The predicted octanol–water partition coefficient (Wildman–Crippen LogP) is 2.69. The van der Waals surface area contributed by atoms with Crippen molar-refractivity contribution in [3.8, 4) is 5.75 Å². The lowest BCUT2D eigenvalue weighted by molar-refractivity contribution is 0.0534. The summed E-state index contributed by atoms with van der Waals surface area (Å²) in [6, 6.07) is 5.39. The Morgan fingerprint density at radius 1 is 1.41 bits per heavy atom. The molecule has 0 aromatic heterocycles. The fourth-order valence-electron chi connectivity index (χ4n) is 3.21. The molecule has 2 heterocycles. The van der Waals surface area contributed by atoms with Crippen LogP contribution in [0.25, 0.3) is 0 Å². The summed E-state index contributed by atoms with van der Waals surface area (Å²) in [5, 5.41) is 10.2. The standard InChI is InChI=1S/C17H23NO3S/c1-2-13-3-4-14(15(19)11-13)16(20)18-7-10-22-17(12-18)5-8-21-9-6-17/h3-4,11,19H,2,5-10,12H2,1H3. The number of hydrogen-bond acceptors (Lipinski definition) is 4. The van der Waals surface area contributed by atoms with Gasteiger partial charge in [-0.3, -0.25) is 4.79 Å². The first kappa shape index (κ1) is 15.7. The second-order valence-electron chi connectivity index (χ2n) is 6.08. The van der Waals surface area contributed by atoms with Gasteiger partial charge in [0.05, 0.1) is 5.56 Å². The quantitative estimate of drug-likeness (QED) is 0.910. The minimum atomic E-state index is -0.0497. The largest absolute Gasteiger partial charge is 0.507 e. The summed E-state index contributed by atoms with van der Waals surface area (Å²) in [5.74, 6) is 1.01. The minimum Gasteiger partial charge on any atom is -0.507 e. The van der Waals surface area contributed by atoms with Crippen LogP contribution < -0.4 is 0 Å². The van der Waals surface area contributed by atoms with Crippen LogP contribution in [0.5, 0.6) is 5.75 Å². The Balaban J connectivity index is 1.76. The number of phenols is 1. The lowest BCUT2D eigenvalue weighted by Gasteiger charge is -2.44. The summed E-state index contributed by atoms with van der Waals surface area (Å²) < 4.78 is 5.61. The van der Waals surface area contributed by atoms with Gasteiger partial charge in [-0.1, -0.05) is 13.0 Å². The number of ether oxygens (including phenoxy) is 1. The number of nitrogens with zero attached hydrogens (tertiary/aromatic N) is 1. The Morgan fingerprint density at radius 2 is 2.18 bits per heavy atom. The second kappa shape index (κ2) is 6.50. The highest BCUT2D eigenvalue weighted by atomic mass is 32.2. The van der Waals surface area contributed by atoms with Crippen LogP contribution >= 0.6 is 11.8 Å². The van der Waals surface area contributed by atoms with Gasteiger partial charge in [0.1, 0.15) is 5.75 Å². The van der Waals surface area contributed by atoms with Gasteiger partial charge in [0.2, 0.25) is 0 Å². The van der Waals surface area contributed by atoms with E-state index in [9.17, 15) is 9.90 Å². The van der Waals surface area contributed by atoms with Crippen molar-refractivity contribution < 1.29 is 14.6 Å². The number of carbonyl (C=O) groups is 1. The SMILES string of the molecule is CCc1ccc(C(=O)N2CCSC3(CCOCC3)C2)c(O)c1. The normalized spacial score (nSPS) is 21.0. The molecule has 2 aliphatic rings. The molecule has 1 aromatic carbocycles. The van der Waals surface area contributed by atoms with Crippen molar-refractivity contribution in [3.05, 3.63) is 29.3 Å². The van der Waals surface area contributed by atoms with Crippen molar-refractivity contribution in [2.75, 3.05) is 32.1 Å². The topological polar surface area (TPSA) is 49.8 Å². The third-order valence-electron chi connectivity index (χ3n) is 4.64. The number of aryl methyl sites for hydroxylation is 1. The fourth-order valence-corrected chi connectivity index (χ4v) is 4.66. The van der Waals surface area contributed by atoms with Gasteiger partial charge in [0.15, 0.2) is 0 Å². The zero-order chi connectivity index (χ0) is 15.6. The molecular weight excluding hydrogens is 298 g/mol. The molecule has 22 heavy (non-hydrogen) atoms. The highest BCUT2D eigenvalue weighted by Crippen LogP contribution is 2.39. The van der Waals surface area contributed by atoms with Crippen LogP contribution in [0.15, 0.2) is 18.2 Å². The van der Waals surface area contributed by atoms with Gasteiger partial charge in [-0.15, -0.1) is 0 Å². The van der Waals surface area contributed by atoms with E-state index in [2.05, 4.69) is 0 Å². The summed E-state index contributed by atoms with van der Waals surface area (Å²) in [5.41, 5.74) is 1.47. The van der Waals surface area contributed by atoms with E-state index in [0.717, 1.165) is 56.9 Å². The zero-order valence-electron chi connectivity index (χ0n) is 13.0. The summed E-state index contributed by atoms with van der Waals surface area (Å²) in [7, 11) is 0. The lowest BCUT2D eigenvalue weighted by Crippen LogP contribution is -2.51. The molecule has 0 bridgehead atoms. The number of rotatable bonds is 2. The third kappa shape index (κ3) is 3.10. The van der Waals surface area contributed by atoms with Crippen molar-refractivity contribution in [1.82, 2.24) is 4.90 Å². The van der Waals surface area contributed by atoms with Crippen molar-refractivity contribution >= 4 is 17.7 Å². The molecule has 5 heteroatoms. The minimum absolute atomic E-state index is 0.0497. The maximum Gasteiger partial charge on any atom is 0.257 e. The number of amides is 1. The van der Waals surface area contributed by atoms with Crippen LogP contribution in [-0.2, 0) is 11.2 Å². The number of benzene rings is 1. The number of phenolic OH excluding ortho intramolecular Hbond substituents is 1. The van der Waals surface area contributed by atoms with Gasteiger partial charge in [-0.2, -0.15) is 11.8 Å². The van der Waals surface area contributed by atoms with E-state index in [1.807, 2.05) is 29.7 Å². The van der Waals surface area contributed by atoms with E-state index in [1.54, 1.807) is 12.1 Å². The Hall–Kier alpha value is -1.20. The summed E-state index contributed by atoms with van der Waals surface area (Å²) in [4.78, 5) is 14.7. The number of hydrogen-bond donors (Lipinski definition) is 1. The maximum absolute atomic E-state index is 12.8. The van der Waals surface area contributed by atoms with Crippen LogP contribution in [0.4, 0.5) is 0 Å². The van der Waals surface area contributed by atoms with Crippen LogP contribution in [-0.4, -0.2) is 52.7 Å². The van der Waals surface area contributed by atoms with E-state index in [4.69, 9.17) is 4.74 Å². The van der Waals surface area contributed by atoms with Crippen molar-refractivity contribution in [1.29, 1.82) is 0 Å². The summed E-state index contributed by atoms with van der Waals surface area (Å²) in [6.07, 6.45) is 2.86. The molecule has 0 saturated carbocycles. The molecule has 1 N–H and O–H groups in total. The van der Waals surface area contributed by atoms with Crippen LogP contribution in [0.2, 0.25) is 0 Å². The molecule has 1 amide bonds. The second-order valence-corrected chi connectivity index (χ2v) is 7.64. The zero-order valence-corrected chi connectivity index (χ0v) is 13.8. The molecule has 2 fully saturated rings. The number of aromatic hydroxyl groups is 1. The number of thioether (sulfide) groups is 1. The molecule has 120 valence electrons. The molecule has 3 rings (SSSR count). The smallest absolute Gasteiger partial charge is 0.257 e. The van der Waals surface area contributed by atoms with E-state index in [0.29, 0.717) is 5.56 Å². The molecule has 1 spiro atoms. The van der Waals surface area contributed by atoms with Crippen LogP contribution in [0, 0.1) is 0 Å². The molecule has 0 unspecified atom stereocenters. The number of carbonyl (C=O) groups excluding carboxylic acids is 1. The van der Waals surface area contributed by atoms with Crippen molar-refractivity contribution in [2.45, 2.75) is 30.9 Å². The van der Waals surface area contributed by atoms with Gasteiger partial charge in [-0.25, -0.2) is 0 Å². The monoisotopic (exact) mass is 321 g/mol. The summed E-state index contributed by atoms with van der Waals surface area (Å²) >= 11 is 1.98. The lowest BCUT2D eigenvalue weighted by atomic mass is 9.97. The van der Waals surface area contributed by atoms with Gasteiger partial charge in [0.25, 0.3) is 5.91 Å². The molecule has 0 radical (unpaired) electrons. The van der Waals surface area contributed by atoms with E-state index < -0.39 is 0 Å². The van der Waals surface area contributed by atoms with Crippen molar-refractivity contribution in [2.24, 2.45) is 0 Å². The Labute approximate surface area is 135 Å². The van der Waals surface area contributed by atoms with E-state index in [-0.39, 0.29) is 16.4 Å². The molecule has 2 saturated heterocycles.